The van der Waals surface area contributed by atoms with Crippen molar-refractivity contribution in [3.8, 4) is 6.07 Å². The molecule has 0 aliphatic heterocycles. The summed E-state index contributed by atoms with van der Waals surface area (Å²) >= 11 is 5.81. The van der Waals surface area contributed by atoms with E-state index in [4.69, 9.17) is 11.6 Å². The summed E-state index contributed by atoms with van der Waals surface area (Å²) < 4.78 is 2.24. The largest absolute Gasteiger partial charge is 0.360 e. The van der Waals surface area contributed by atoms with Gasteiger partial charge in [-0.15, -0.1) is 0 Å². The number of nitriles is 1. The number of halogens is 1. The van der Waals surface area contributed by atoms with E-state index in [1.165, 1.54) is 18.3 Å². The Kier molecular flexibility index (Phi) is 5.93. The molecule has 0 saturated heterocycles. The van der Waals surface area contributed by atoms with Crippen molar-refractivity contribution in [1.82, 2.24) is 9.88 Å². The molecular weight excluding hydrogens is 424 g/mol. The van der Waals surface area contributed by atoms with Crippen molar-refractivity contribution >= 4 is 50.9 Å². The van der Waals surface area contributed by atoms with E-state index in [1.807, 2.05) is 36.4 Å². The van der Waals surface area contributed by atoms with Crippen LogP contribution in [-0.4, -0.2) is 16.4 Å². The number of carbonyl (C=O) groups is 2. The van der Waals surface area contributed by atoms with Crippen LogP contribution in [0, 0.1) is 11.3 Å². The van der Waals surface area contributed by atoms with E-state index in [0.29, 0.717) is 5.02 Å². The normalized spacial score (nSPS) is 11.3. The molecule has 0 aliphatic carbocycles. The first-order valence-corrected chi connectivity index (χ1v) is 10.4. The van der Waals surface area contributed by atoms with Crippen molar-refractivity contribution in [3.05, 3.63) is 89.1 Å². The smallest absolute Gasteiger partial charge is 0.270 e. The molecule has 1 heterocycles. The van der Waals surface area contributed by atoms with Crippen molar-refractivity contribution < 1.29 is 9.59 Å². The summed E-state index contributed by atoms with van der Waals surface area (Å²) in [4.78, 5) is 24.6. The van der Waals surface area contributed by atoms with E-state index < -0.39 is 11.8 Å². The van der Waals surface area contributed by atoms with Crippen LogP contribution in [0.2, 0.25) is 5.02 Å². The molecule has 0 atom stereocenters. The first kappa shape index (κ1) is 21.2. The highest BCUT2D eigenvalue weighted by molar-refractivity contribution is 6.30. The number of nitrogens with one attached hydrogen (secondary N) is 2. The van der Waals surface area contributed by atoms with Crippen LogP contribution in [0.25, 0.3) is 21.8 Å². The Morgan fingerprint density at radius 2 is 1.75 bits per heavy atom. The number of rotatable bonds is 5. The fraction of sp³-hybridized carbons (Fsp3) is 0.0800. The fourth-order valence-corrected chi connectivity index (χ4v) is 3.76. The van der Waals surface area contributed by atoms with Crippen molar-refractivity contribution in [3.63, 3.8) is 0 Å². The number of carbonyl (C=O) groups excluding carboxylic acids is 2. The molecule has 0 spiro atoms. The number of para-hydroxylation sites is 1. The fourth-order valence-electron chi connectivity index (χ4n) is 3.63. The first-order chi connectivity index (χ1) is 15.5. The predicted octanol–water partition coefficient (Wildman–Crippen LogP) is 5.24. The van der Waals surface area contributed by atoms with Crippen LogP contribution in [0.3, 0.4) is 0 Å². The highest BCUT2D eigenvalue weighted by atomic mass is 35.5. The zero-order valence-corrected chi connectivity index (χ0v) is 18.0. The van der Waals surface area contributed by atoms with Crippen LogP contribution < -0.4 is 10.6 Å². The van der Waals surface area contributed by atoms with Crippen LogP contribution in [-0.2, 0) is 11.3 Å². The van der Waals surface area contributed by atoms with Gasteiger partial charge in [-0.2, -0.15) is 5.26 Å². The number of aryl methyl sites for hydroxylation is 1. The van der Waals surface area contributed by atoms with Gasteiger partial charge in [0.15, 0.2) is 0 Å². The number of fused-ring (bicyclic) bond motifs is 3. The molecule has 0 bridgehead atoms. The van der Waals surface area contributed by atoms with Gasteiger partial charge in [-0.1, -0.05) is 29.8 Å². The Morgan fingerprint density at radius 1 is 1.03 bits per heavy atom. The highest BCUT2D eigenvalue weighted by Crippen LogP contribution is 2.31. The third kappa shape index (κ3) is 4.07. The van der Waals surface area contributed by atoms with E-state index >= 15 is 0 Å². The second-order valence-corrected chi connectivity index (χ2v) is 7.53. The molecule has 0 fully saturated rings. The van der Waals surface area contributed by atoms with Gasteiger partial charge in [0.1, 0.15) is 11.6 Å². The minimum absolute atomic E-state index is 0.219. The lowest BCUT2D eigenvalue weighted by Gasteiger charge is -2.06. The lowest BCUT2D eigenvalue weighted by molar-refractivity contribution is -0.116. The molecule has 2 amide bonds. The number of nitrogens with zero attached hydrogens (tertiary/aromatic N) is 2. The Hall–Kier alpha value is -4.08. The number of hydrogen-bond acceptors (Lipinski definition) is 4. The van der Waals surface area contributed by atoms with Gasteiger partial charge >= 0.3 is 0 Å². The number of imide groups is 1. The van der Waals surface area contributed by atoms with E-state index in [-0.39, 0.29) is 11.1 Å². The zero-order chi connectivity index (χ0) is 22.7. The van der Waals surface area contributed by atoms with Crippen molar-refractivity contribution in [1.29, 1.82) is 5.26 Å². The summed E-state index contributed by atoms with van der Waals surface area (Å²) in [5, 5.41) is 17.3. The van der Waals surface area contributed by atoms with Crippen LogP contribution >= 0.6 is 11.6 Å². The minimum atomic E-state index is -0.788. The molecule has 2 N–H and O–H groups in total. The summed E-state index contributed by atoms with van der Waals surface area (Å²) in [6.45, 7) is 2.95. The van der Waals surface area contributed by atoms with Crippen molar-refractivity contribution in [2.45, 2.75) is 13.5 Å². The maximum atomic E-state index is 12.4. The van der Waals surface area contributed by atoms with Gasteiger partial charge in [0.25, 0.3) is 11.8 Å². The Bertz CT molecular complexity index is 1410. The molecule has 4 rings (SSSR count). The monoisotopic (exact) mass is 442 g/mol. The minimum Gasteiger partial charge on any atom is -0.360 e. The SMILES string of the molecule is CCn1c2ccccc2c2cc(NC=C(C#N)C(=O)NC(=O)c3ccc(Cl)cc3)ccc21. The van der Waals surface area contributed by atoms with Crippen molar-refractivity contribution in [2.24, 2.45) is 0 Å². The molecule has 4 aromatic rings. The molecule has 7 heteroatoms. The summed E-state index contributed by atoms with van der Waals surface area (Å²) in [6, 6.07) is 22.0. The van der Waals surface area contributed by atoms with Crippen LogP contribution in [0.15, 0.2) is 78.5 Å². The molecule has 0 aliphatic rings. The number of benzene rings is 3. The van der Waals surface area contributed by atoms with Crippen LogP contribution in [0.4, 0.5) is 5.69 Å². The number of anilines is 1. The number of aromatic nitrogens is 1. The maximum Gasteiger partial charge on any atom is 0.270 e. The van der Waals surface area contributed by atoms with Gasteiger partial charge in [0.2, 0.25) is 0 Å². The van der Waals surface area contributed by atoms with E-state index in [1.54, 1.807) is 12.1 Å². The van der Waals surface area contributed by atoms with Gasteiger partial charge in [-0.3, -0.25) is 14.9 Å². The van der Waals surface area contributed by atoms with Gasteiger partial charge in [-0.25, -0.2) is 0 Å². The zero-order valence-electron chi connectivity index (χ0n) is 17.2. The lowest BCUT2D eigenvalue weighted by atomic mass is 10.1. The quantitative estimate of drug-likeness (QED) is 0.326. The van der Waals surface area contributed by atoms with Gasteiger partial charge in [0.05, 0.1) is 0 Å². The molecule has 3 aromatic carbocycles. The van der Waals surface area contributed by atoms with Gasteiger partial charge in [0, 0.05) is 50.8 Å². The third-order valence-corrected chi connectivity index (χ3v) is 5.42. The summed E-state index contributed by atoms with van der Waals surface area (Å²) in [6.07, 6.45) is 1.30. The van der Waals surface area contributed by atoms with Gasteiger partial charge in [-0.05, 0) is 55.5 Å². The molecule has 0 radical (unpaired) electrons. The highest BCUT2D eigenvalue weighted by Gasteiger charge is 2.15. The first-order valence-electron chi connectivity index (χ1n) is 10.0. The van der Waals surface area contributed by atoms with E-state index in [2.05, 4.69) is 34.3 Å². The summed E-state index contributed by atoms with van der Waals surface area (Å²) in [7, 11) is 0. The summed E-state index contributed by atoms with van der Waals surface area (Å²) in [5.41, 5.74) is 3.03. The molecular formula is C25H19ClN4O2. The van der Waals surface area contributed by atoms with Crippen LogP contribution in [0.5, 0.6) is 0 Å². The average molecular weight is 443 g/mol. The molecule has 158 valence electrons. The Labute approximate surface area is 189 Å². The maximum absolute atomic E-state index is 12.4. The Balaban J connectivity index is 1.56. The Morgan fingerprint density at radius 3 is 2.47 bits per heavy atom. The molecule has 0 saturated carbocycles. The molecule has 1 aromatic heterocycles. The van der Waals surface area contributed by atoms with Crippen LogP contribution in [0.1, 0.15) is 17.3 Å². The average Bonchev–Trinajstić information content (AvgIpc) is 3.13. The molecule has 6 nitrogen and oxygen atoms in total. The van der Waals surface area contributed by atoms with E-state index in [0.717, 1.165) is 34.0 Å². The molecule has 0 unspecified atom stereocenters. The second-order valence-electron chi connectivity index (χ2n) is 7.10. The predicted molar refractivity (Wildman–Crippen MR) is 126 cm³/mol. The number of hydrogen-bond donors (Lipinski definition) is 2. The third-order valence-electron chi connectivity index (χ3n) is 5.17. The van der Waals surface area contributed by atoms with Crippen molar-refractivity contribution in [2.75, 3.05) is 5.32 Å². The summed E-state index contributed by atoms with van der Waals surface area (Å²) in [5.74, 6) is -1.40. The molecule has 32 heavy (non-hydrogen) atoms. The van der Waals surface area contributed by atoms with Gasteiger partial charge < -0.3 is 9.88 Å². The topological polar surface area (TPSA) is 86.9 Å². The second kappa shape index (κ2) is 8.96. The van der Waals surface area contributed by atoms with E-state index in [9.17, 15) is 14.9 Å². The lowest BCUT2D eigenvalue weighted by Crippen LogP contribution is -2.31. The number of amides is 2. The standard InChI is InChI=1S/C25H19ClN4O2/c1-2-30-22-6-4-3-5-20(22)21-13-19(11-12-23(21)30)28-15-17(14-27)25(32)29-24(31)16-7-9-18(26)10-8-16/h3-13,15,28H,2H2,1H3,(H,29,31,32).